The monoisotopic (exact) mass is 1180 g/mol. The fourth-order valence-corrected chi connectivity index (χ4v) is 6.10. The highest BCUT2D eigenvalue weighted by Gasteiger charge is 2.13. The molecule has 0 aromatic carbocycles. The van der Waals surface area contributed by atoms with Crippen LogP contribution < -0.4 is 64.3 Å². The molecule has 0 saturated carbocycles. The molecule has 0 spiro atoms. The number of nitrogens with two attached hydrogens (primary N) is 3. The number of hydrogen-bond donors (Lipinski definition) is 5. The number of alkyl carbamates (subject to hydrolysis) is 1. The van der Waals surface area contributed by atoms with Crippen LogP contribution >= 0.6 is 59.3 Å². The minimum Gasteiger partial charge on any atom is -1.00 e. The Labute approximate surface area is 422 Å². The van der Waals surface area contributed by atoms with E-state index in [9.17, 15) is 24.0 Å². The second-order valence-electron chi connectivity index (χ2n) is 14.6. The summed E-state index contributed by atoms with van der Waals surface area (Å²) in [6.45, 7) is 8.37. The van der Waals surface area contributed by atoms with Crippen molar-refractivity contribution >= 4 is 95.9 Å². The maximum atomic E-state index is 10.8. The standard InChI is InChI=1S/C11H25N3O2.C8H18NO2S.C7H15NO2S.C6H13N3O.C5H11NO2S.ClH.2HI/c1-16-11(15)14-8-3-2-5-10(9-13)6-4-7-12;1-9(2,3)5-6-12-7-8(10)11-4;1-8(2)4-5-11-6-7(9)10-3;1-7-8-6(10)5-9(2,3)4;1-8-5(7)4-9-3-2-6;;;/h10H,2-9,12-13H2,1H3,(H,14,15);5-7H2,1-4H3;4-6H2,1-3H3;1,5H2,2-4H3;2-4,6H2,1H3;3*1H/q;+1;;;;;;/p-1. The minimum atomic E-state index is -0.362. The van der Waals surface area contributed by atoms with Crippen LogP contribution in [0.25, 0.3) is 0 Å². The van der Waals surface area contributed by atoms with Gasteiger partial charge in [0, 0.05) is 43.6 Å². The number of unbranched alkanes of at least 4 members (excludes halogenated alkanes) is 1. The van der Waals surface area contributed by atoms with E-state index in [1.807, 2.05) is 35.2 Å². The molecule has 0 fully saturated rings. The summed E-state index contributed by atoms with van der Waals surface area (Å²) in [6.07, 6.45) is 4.95. The number of amides is 2. The lowest BCUT2D eigenvalue weighted by Gasteiger charge is -2.23. The number of carbonyl (C=O) groups is 5. The van der Waals surface area contributed by atoms with Crippen LogP contribution in [0.2, 0.25) is 0 Å². The van der Waals surface area contributed by atoms with Crippen molar-refractivity contribution in [2.45, 2.75) is 32.1 Å². The third kappa shape index (κ3) is 80.2. The van der Waals surface area contributed by atoms with E-state index in [2.05, 4.69) is 67.6 Å². The molecule has 0 radical (unpaired) electrons. The minimum absolute atomic E-state index is 0. The Morgan fingerprint density at radius 3 is 1.52 bits per heavy atom. The third-order valence-electron chi connectivity index (χ3n) is 6.66. The molecule has 0 aliphatic heterocycles. The van der Waals surface area contributed by atoms with E-state index in [1.54, 1.807) is 23.5 Å². The van der Waals surface area contributed by atoms with Gasteiger partial charge >= 0.3 is 24.0 Å². The molecule has 370 valence electrons. The van der Waals surface area contributed by atoms with Crippen LogP contribution in [0.15, 0.2) is 5.10 Å². The summed E-state index contributed by atoms with van der Waals surface area (Å²) in [4.78, 5) is 55.3. The highest BCUT2D eigenvalue weighted by molar-refractivity contribution is 14.0. The van der Waals surface area contributed by atoms with E-state index in [1.165, 1.54) is 40.2 Å². The maximum absolute atomic E-state index is 10.8. The molecule has 0 rings (SSSR count). The van der Waals surface area contributed by atoms with Crippen LogP contribution in [0.3, 0.4) is 0 Å². The van der Waals surface area contributed by atoms with Crippen LogP contribution in [0.1, 0.15) is 32.1 Å². The largest absolute Gasteiger partial charge is 1.00 e. The van der Waals surface area contributed by atoms with Crippen molar-refractivity contribution in [3.05, 3.63) is 0 Å². The molecule has 1 unspecified atom stereocenters. The molecule has 18 nitrogen and oxygen atoms in total. The number of halogens is 3. The number of quaternary nitrogens is 2. The number of likely N-dealkylation sites (N-methyl/N-ethyl adjacent to an activating group) is 1. The van der Waals surface area contributed by atoms with Crippen molar-refractivity contribution in [2.75, 3.05) is 165 Å². The zero-order valence-electron chi connectivity index (χ0n) is 39.1. The SMILES string of the molecule is C=NNC(=O)C[N+](C)(C)C.COC(=O)CSCCN.COC(=O)CSCCN(C)C.COC(=O)CSCC[N+](C)(C)C.COC(=O)NCCCCC(CN)CCCN.I.[Cl-].[I-]. The molecule has 0 saturated heterocycles. The van der Waals surface area contributed by atoms with Gasteiger partial charge in [-0.25, -0.2) is 10.2 Å². The number of nitrogens with zero attached hydrogens (tertiary/aromatic N) is 4. The first-order valence-corrected chi connectivity index (χ1v) is 22.4. The van der Waals surface area contributed by atoms with Gasteiger partial charge in [0.25, 0.3) is 5.91 Å². The van der Waals surface area contributed by atoms with Gasteiger partial charge < -0.3 is 91.7 Å². The Morgan fingerprint density at radius 2 is 1.16 bits per heavy atom. The fraction of sp³-hybridized carbons (Fsp3) is 0.838. The van der Waals surface area contributed by atoms with Crippen molar-refractivity contribution in [3.8, 4) is 0 Å². The number of hydrazone groups is 1. The highest BCUT2D eigenvalue weighted by atomic mass is 127. The Bertz CT molecular complexity index is 1040. The predicted molar refractivity (Wildman–Crippen MR) is 260 cm³/mol. The van der Waals surface area contributed by atoms with Gasteiger partial charge in [0.15, 0.2) is 6.54 Å². The van der Waals surface area contributed by atoms with Crippen molar-refractivity contribution in [1.82, 2.24) is 15.6 Å². The predicted octanol–water partition coefficient (Wildman–Crippen LogP) is -4.22. The van der Waals surface area contributed by atoms with E-state index >= 15 is 0 Å². The first kappa shape index (κ1) is 77.6. The molecule has 0 aromatic rings. The second kappa shape index (κ2) is 55.5. The van der Waals surface area contributed by atoms with Gasteiger partial charge in [-0.2, -0.15) is 5.10 Å². The molecule has 24 heteroatoms. The molecule has 0 bridgehead atoms. The molecule has 61 heavy (non-hydrogen) atoms. The third-order valence-corrected chi connectivity index (χ3v) is 9.45. The van der Waals surface area contributed by atoms with Gasteiger partial charge in [-0.3, -0.25) is 19.2 Å². The van der Waals surface area contributed by atoms with E-state index < -0.39 is 0 Å². The quantitative estimate of drug-likeness (QED) is 0.0105. The van der Waals surface area contributed by atoms with Crippen LogP contribution in [-0.2, 0) is 38.1 Å². The van der Waals surface area contributed by atoms with Crippen molar-refractivity contribution in [3.63, 3.8) is 0 Å². The van der Waals surface area contributed by atoms with Gasteiger partial charge in [0.2, 0.25) is 0 Å². The smallest absolute Gasteiger partial charge is 0.406 e. The summed E-state index contributed by atoms with van der Waals surface area (Å²) in [5.74, 6) is 4.12. The summed E-state index contributed by atoms with van der Waals surface area (Å²) in [7, 11) is 21.8. The van der Waals surface area contributed by atoms with Crippen molar-refractivity contribution in [2.24, 2.45) is 28.2 Å². The van der Waals surface area contributed by atoms with E-state index in [-0.39, 0.29) is 90.3 Å². The normalized spacial score (nSPS) is 10.4. The number of methoxy groups -OCH3 is 4. The Hall–Kier alpha value is -0.620. The molecule has 0 aromatic heterocycles. The first-order chi connectivity index (χ1) is 27.1. The number of nitrogens with one attached hydrogen (secondary N) is 2. The van der Waals surface area contributed by atoms with Crippen LogP contribution in [0.4, 0.5) is 4.79 Å². The summed E-state index contributed by atoms with van der Waals surface area (Å²) in [5.41, 5.74) is 18.6. The lowest BCUT2D eigenvalue weighted by molar-refractivity contribution is -0.867. The zero-order chi connectivity index (χ0) is 45.8. The topological polar surface area (TPSA) is 240 Å². The van der Waals surface area contributed by atoms with Gasteiger partial charge in [0.1, 0.15) is 0 Å². The summed E-state index contributed by atoms with van der Waals surface area (Å²) >= 11 is 4.71. The van der Waals surface area contributed by atoms with Crippen LogP contribution in [-0.4, -0.2) is 216 Å². The highest BCUT2D eigenvalue weighted by Crippen LogP contribution is 2.12. The Balaban J connectivity index is -0.0000000961. The van der Waals surface area contributed by atoms with Gasteiger partial charge in [0.05, 0.1) is 94.5 Å². The van der Waals surface area contributed by atoms with Gasteiger partial charge in [-0.05, 0) is 58.8 Å². The molecular weight excluding hydrogens is 1100 g/mol. The van der Waals surface area contributed by atoms with Crippen LogP contribution in [0, 0.1) is 5.92 Å². The molecule has 2 amide bonds. The van der Waals surface area contributed by atoms with E-state index in [0.717, 1.165) is 80.0 Å². The molecule has 1 atom stereocenters. The van der Waals surface area contributed by atoms with E-state index in [4.69, 9.17) is 17.2 Å². The molecule has 0 heterocycles. The molecular formula is C37H84ClI2N9O9S3. The van der Waals surface area contributed by atoms with Gasteiger partial charge in [-0.1, -0.05) is 6.42 Å². The van der Waals surface area contributed by atoms with E-state index in [0.29, 0.717) is 47.3 Å². The number of hydrogen-bond acceptors (Lipinski definition) is 17. The lowest BCUT2D eigenvalue weighted by atomic mass is 9.97. The Morgan fingerprint density at radius 1 is 0.705 bits per heavy atom. The molecule has 0 aliphatic carbocycles. The first-order valence-electron chi connectivity index (χ1n) is 19.0. The lowest BCUT2D eigenvalue weighted by Crippen LogP contribution is -3.00. The number of carbonyl (C=O) groups excluding carboxylic acids is 5. The number of ether oxygens (including phenoxy) is 4. The Kier molecular flexibility index (Phi) is 70.6. The number of thioether (sulfide) groups is 3. The van der Waals surface area contributed by atoms with Crippen molar-refractivity contribution < 1.29 is 88.3 Å². The molecule has 0 aliphatic rings. The van der Waals surface area contributed by atoms with Crippen molar-refractivity contribution in [1.29, 1.82) is 0 Å². The average Bonchev–Trinajstić information content (AvgIpc) is 3.15. The number of esters is 3. The average molecular weight is 1180 g/mol. The number of rotatable bonds is 26. The molecule has 8 N–H and O–H groups in total. The second-order valence-corrected chi connectivity index (χ2v) is 17.9. The zero-order valence-corrected chi connectivity index (χ0v) is 46.8. The summed E-state index contributed by atoms with van der Waals surface area (Å²) < 4.78 is 19.4. The summed E-state index contributed by atoms with van der Waals surface area (Å²) in [5, 5.41) is 5.92. The fourth-order valence-electron chi connectivity index (χ4n) is 3.47. The van der Waals surface area contributed by atoms with Gasteiger partial charge in [-0.15, -0.1) is 59.3 Å². The van der Waals surface area contributed by atoms with Crippen LogP contribution in [0.5, 0.6) is 0 Å². The summed E-state index contributed by atoms with van der Waals surface area (Å²) in [6, 6.07) is 0. The maximum Gasteiger partial charge on any atom is 0.406 e.